The van der Waals surface area contributed by atoms with Crippen molar-refractivity contribution in [3.05, 3.63) is 30.1 Å². The smallest absolute Gasteiger partial charge is 0.139 e. The van der Waals surface area contributed by atoms with Crippen molar-refractivity contribution in [1.82, 2.24) is 9.55 Å². The van der Waals surface area contributed by atoms with Crippen LogP contribution in [0.1, 0.15) is 18.7 Å². The molecule has 0 amide bonds. The van der Waals surface area contributed by atoms with Crippen LogP contribution in [0.3, 0.4) is 0 Å². The first kappa shape index (κ1) is 12.4. The molecule has 0 spiro atoms. The lowest BCUT2D eigenvalue weighted by Crippen LogP contribution is -2.13. The Morgan fingerprint density at radius 1 is 1.39 bits per heavy atom. The fourth-order valence-electron chi connectivity index (χ4n) is 1.96. The van der Waals surface area contributed by atoms with Crippen LogP contribution in [-0.4, -0.2) is 25.7 Å². The average Bonchev–Trinajstić information content (AvgIpc) is 2.77. The first-order chi connectivity index (χ1) is 8.76. The van der Waals surface area contributed by atoms with Gasteiger partial charge in [0.25, 0.3) is 0 Å². The van der Waals surface area contributed by atoms with Crippen LogP contribution in [-0.2, 0) is 13.2 Å². The monoisotopic (exact) mass is 248 g/mol. The Bertz CT molecular complexity index is 562. The molecular weight excluding hydrogens is 232 g/mol. The maximum atomic E-state index is 9.30. The predicted octanol–water partition coefficient (Wildman–Crippen LogP) is 1.06. The summed E-state index contributed by atoms with van der Waals surface area (Å²) < 4.78 is 1.96. The molecule has 0 saturated heterocycles. The number of aliphatic hydroxyl groups excluding tert-OH is 1. The van der Waals surface area contributed by atoms with E-state index >= 15 is 0 Å². The number of fused-ring (bicyclic) bond motifs is 1. The number of hydrogen-bond acceptors (Lipinski definition) is 4. The Kier molecular flexibility index (Phi) is 3.78. The Hall–Kier alpha value is -2.08. The van der Waals surface area contributed by atoms with Crippen LogP contribution in [0.5, 0.6) is 0 Å². The molecule has 2 rings (SSSR count). The molecule has 1 aromatic heterocycles. The first-order valence-electron chi connectivity index (χ1n) is 5.77. The van der Waals surface area contributed by atoms with E-state index in [0.29, 0.717) is 18.8 Å². The Morgan fingerprint density at radius 2 is 2.17 bits per heavy atom. The highest BCUT2D eigenvalue weighted by Gasteiger charge is 2.09. The summed E-state index contributed by atoms with van der Waals surface area (Å²) in [5.74, 6) is 0.848. The highest BCUT2D eigenvalue weighted by Crippen LogP contribution is 2.16. The van der Waals surface area contributed by atoms with Gasteiger partial charge in [0, 0.05) is 13.0 Å². The standard InChI is InChI=1S/C12H16N4O2/c13-11(15-18)6-3-7-16-10-5-2-1-4-9(10)14-12(16)8-17/h1-2,4-5,17-18H,3,6-8H2,(H2,13,15). The van der Waals surface area contributed by atoms with Gasteiger partial charge in [-0.25, -0.2) is 4.98 Å². The zero-order valence-corrected chi connectivity index (χ0v) is 9.95. The third-order valence-electron chi connectivity index (χ3n) is 2.82. The number of hydrogen-bond donors (Lipinski definition) is 3. The van der Waals surface area contributed by atoms with E-state index in [1.165, 1.54) is 0 Å². The van der Waals surface area contributed by atoms with E-state index in [1.807, 2.05) is 28.8 Å². The molecule has 1 heterocycles. The molecule has 96 valence electrons. The molecule has 0 aliphatic heterocycles. The number of para-hydroxylation sites is 2. The number of nitrogens with two attached hydrogens (primary N) is 1. The van der Waals surface area contributed by atoms with E-state index in [2.05, 4.69) is 10.1 Å². The number of nitrogens with zero attached hydrogens (tertiary/aromatic N) is 3. The molecule has 1 aromatic carbocycles. The fourth-order valence-corrected chi connectivity index (χ4v) is 1.96. The van der Waals surface area contributed by atoms with Crippen LogP contribution in [0, 0.1) is 0 Å². The van der Waals surface area contributed by atoms with Crippen molar-refractivity contribution in [3.63, 3.8) is 0 Å². The Labute approximate surface area is 104 Å². The molecule has 6 heteroatoms. The van der Waals surface area contributed by atoms with Gasteiger partial charge in [-0.3, -0.25) is 0 Å². The maximum absolute atomic E-state index is 9.30. The van der Waals surface area contributed by atoms with Gasteiger partial charge in [0.2, 0.25) is 0 Å². The molecule has 18 heavy (non-hydrogen) atoms. The van der Waals surface area contributed by atoms with Gasteiger partial charge >= 0.3 is 0 Å². The third kappa shape index (κ3) is 2.43. The van der Waals surface area contributed by atoms with Crippen molar-refractivity contribution in [2.24, 2.45) is 10.9 Å². The molecule has 6 nitrogen and oxygen atoms in total. The number of benzene rings is 1. The molecule has 0 saturated carbocycles. The highest BCUT2D eigenvalue weighted by molar-refractivity contribution is 5.79. The van der Waals surface area contributed by atoms with Gasteiger partial charge in [-0.2, -0.15) is 0 Å². The van der Waals surface area contributed by atoms with Crippen LogP contribution < -0.4 is 5.73 Å². The third-order valence-corrected chi connectivity index (χ3v) is 2.82. The molecule has 0 aliphatic carbocycles. The topological polar surface area (TPSA) is 96.7 Å². The van der Waals surface area contributed by atoms with Gasteiger partial charge in [-0.1, -0.05) is 17.3 Å². The first-order valence-corrected chi connectivity index (χ1v) is 5.77. The summed E-state index contributed by atoms with van der Waals surface area (Å²) >= 11 is 0. The molecule has 0 unspecified atom stereocenters. The van der Waals surface area contributed by atoms with E-state index in [9.17, 15) is 5.11 Å². The van der Waals surface area contributed by atoms with Crippen molar-refractivity contribution < 1.29 is 10.3 Å². The zero-order chi connectivity index (χ0) is 13.0. The number of aromatic nitrogens is 2. The van der Waals surface area contributed by atoms with Crippen molar-refractivity contribution in [1.29, 1.82) is 0 Å². The summed E-state index contributed by atoms with van der Waals surface area (Å²) in [6.45, 7) is 0.574. The van der Waals surface area contributed by atoms with Crippen LogP contribution in [0.25, 0.3) is 11.0 Å². The van der Waals surface area contributed by atoms with Gasteiger partial charge in [0.15, 0.2) is 0 Å². The van der Waals surface area contributed by atoms with Crippen molar-refractivity contribution in [2.45, 2.75) is 26.0 Å². The Balaban J connectivity index is 2.20. The largest absolute Gasteiger partial charge is 0.409 e. The summed E-state index contributed by atoms with van der Waals surface area (Å²) in [4.78, 5) is 4.35. The molecule has 0 aliphatic rings. The number of imidazole rings is 1. The maximum Gasteiger partial charge on any atom is 0.139 e. The van der Waals surface area contributed by atoms with Gasteiger partial charge in [0.05, 0.1) is 11.0 Å². The second-order valence-corrected chi connectivity index (χ2v) is 4.02. The molecule has 0 radical (unpaired) electrons. The SMILES string of the molecule is NC(CCCn1c(CO)nc2ccccc21)=NO. The van der Waals surface area contributed by atoms with Crippen LogP contribution in [0.4, 0.5) is 0 Å². The summed E-state index contributed by atoms with van der Waals surface area (Å²) in [6.07, 6.45) is 1.23. The van der Waals surface area contributed by atoms with Crippen LogP contribution in [0.15, 0.2) is 29.4 Å². The fraction of sp³-hybridized carbons (Fsp3) is 0.333. The molecular formula is C12H16N4O2. The Morgan fingerprint density at radius 3 is 2.89 bits per heavy atom. The number of rotatable bonds is 5. The minimum atomic E-state index is -0.0990. The van der Waals surface area contributed by atoms with Gasteiger partial charge in [-0.15, -0.1) is 0 Å². The molecule has 4 N–H and O–H groups in total. The van der Waals surface area contributed by atoms with Crippen molar-refractivity contribution >= 4 is 16.9 Å². The van der Waals surface area contributed by atoms with Gasteiger partial charge < -0.3 is 20.6 Å². The molecule has 2 aromatic rings. The molecule has 0 fully saturated rings. The van der Waals surface area contributed by atoms with E-state index in [0.717, 1.165) is 17.5 Å². The van der Waals surface area contributed by atoms with E-state index in [-0.39, 0.29) is 12.4 Å². The van der Waals surface area contributed by atoms with E-state index in [1.54, 1.807) is 0 Å². The number of oxime groups is 1. The quantitative estimate of drug-likeness (QED) is 0.319. The minimum Gasteiger partial charge on any atom is -0.409 e. The van der Waals surface area contributed by atoms with Gasteiger partial charge in [0.1, 0.15) is 18.3 Å². The highest BCUT2D eigenvalue weighted by atomic mass is 16.4. The van der Waals surface area contributed by atoms with Gasteiger partial charge in [-0.05, 0) is 18.6 Å². The van der Waals surface area contributed by atoms with E-state index < -0.39 is 0 Å². The van der Waals surface area contributed by atoms with Crippen molar-refractivity contribution in [3.8, 4) is 0 Å². The molecule has 0 atom stereocenters. The summed E-state index contributed by atoms with van der Waals surface area (Å²) in [5, 5.41) is 20.7. The average molecular weight is 248 g/mol. The predicted molar refractivity (Wildman–Crippen MR) is 68.3 cm³/mol. The lowest BCUT2D eigenvalue weighted by Gasteiger charge is -2.07. The molecule has 0 bridgehead atoms. The minimum absolute atomic E-state index is 0.0990. The lowest BCUT2D eigenvalue weighted by molar-refractivity contribution is 0.265. The van der Waals surface area contributed by atoms with Crippen LogP contribution >= 0.6 is 0 Å². The second-order valence-electron chi connectivity index (χ2n) is 4.02. The normalized spacial score (nSPS) is 12.2. The number of amidine groups is 1. The zero-order valence-electron chi connectivity index (χ0n) is 9.95. The number of aliphatic hydroxyl groups is 1. The van der Waals surface area contributed by atoms with E-state index in [4.69, 9.17) is 10.9 Å². The summed E-state index contributed by atoms with van der Waals surface area (Å²) in [5.41, 5.74) is 7.27. The summed E-state index contributed by atoms with van der Waals surface area (Å²) in [6, 6.07) is 7.72. The lowest BCUT2D eigenvalue weighted by atomic mass is 10.2. The number of aryl methyl sites for hydroxylation is 1. The second kappa shape index (κ2) is 5.50. The van der Waals surface area contributed by atoms with Crippen molar-refractivity contribution in [2.75, 3.05) is 0 Å². The van der Waals surface area contributed by atoms with Crippen LogP contribution in [0.2, 0.25) is 0 Å². The summed E-state index contributed by atoms with van der Waals surface area (Å²) in [7, 11) is 0.